The summed E-state index contributed by atoms with van der Waals surface area (Å²) in [4.78, 5) is 7.92. The number of halogens is 1. The van der Waals surface area contributed by atoms with E-state index >= 15 is 0 Å². The summed E-state index contributed by atoms with van der Waals surface area (Å²) in [5.74, 6) is 0.277. The SMILES string of the molecule is Oc1ccc(/C=N\Nc2ncc(Br)cn2)c(O)c1. The van der Waals surface area contributed by atoms with Gasteiger partial charge in [-0.1, -0.05) is 0 Å². The fourth-order valence-corrected chi connectivity index (χ4v) is 1.38. The summed E-state index contributed by atoms with van der Waals surface area (Å²) in [6.07, 6.45) is 4.58. The Morgan fingerprint density at radius 1 is 1.22 bits per heavy atom. The summed E-state index contributed by atoms with van der Waals surface area (Å²) in [7, 11) is 0. The third-order valence-corrected chi connectivity index (χ3v) is 2.41. The van der Waals surface area contributed by atoms with E-state index in [1.807, 2.05) is 0 Å². The predicted molar refractivity (Wildman–Crippen MR) is 70.7 cm³/mol. The van der Waals surface area contributed by atoms with Gasteiger partial charge in [0.05, 0.1) is 10.7 Å². The molecule has 2 aromatic rings. The number of hydrogen-bond acceptors (Lipinski definition) is 6. The number of anilines is 1. The molecule has 0 aliphatic rings. The van der Waals surface area contributed by atoms with Gasteiger partial charge in [0, 0.05) is 24.0 Å². The van der Waals surface area contributed by atoms with Crippen LogP contribution >= 0.6 is 15.9 Å². The van der Waals surface area contributed by atoms with Crippen LogP contribution in [0.5, 0.6) is 11.5 Å². The summed E-state index contributed by atoms with van der Waals surface area (Å²) in [6.45, 7) is 0. The minimum Gasteiger partial charge on any atom is -0.508 e. The Morgan fingerprint density at radius 2 is 1.94 bits per heavy atom. The van der Waals surface area contributed by atoms with Crippen molar-refractivity contribution in [3.05, 3.63) is 40.6 Å². The van der Waals surface area contributed by atoms with Gasteiger partial charge >= 0.3 is 0 Å². The van der Waals surface area contributed by atoms with Crippen LogP contribution in [0.4, 0.5) is 5.95 Å². The molecule has 0 atom stereocenters. The first-order chi connectivity index (χ1) is 8.65. The van der Waals surface area contributed by atoms with E-state index in [-0.39, 0.29) is 11.5 Å². The van der Waals surface area contributed by atoms with E-state index in [1.165, 1.54) is 24.4 Å². The molecule has 0 aliphatic heterocycles. The molecule has 0 unspecified atom stereocenters. The van der Waals surface area contributed by atoms with Crippen molar-refractivity contribution < 1.29 is 10.2 Å². The van der Waals surface area contributed by atoms with Gasteiger partial charge in [-0.05, 0) is 28.1 Å². The largest absolute Gasteiger partial charge is 0.508 e. The van der Waals surface area contributed by atoms with Crippen molar-refractivity contribution in [2.75, 3.05) is 5.43 Å². The molecule has 0 amide bonds. The van der Waals surface area contributed by atoms with Crippen LogP contribution < -0.4 is 5.43 Å². The van der Waals surface area contributed by atoms with Gasteiger partial charge in [0.2, 0.25) is 5.95 Å². The molecule has 0 saturated carbocycles. The zero-order chi connectivity index (χ0) is 13.0. The molecular formula is C11H9BrN4O2. The lowest BCUT2D eigenvalue weighted by molar-refractivity contribution is 0.450. The molecule has 6 nitrogen and oxygen atoms in total. The predicted octanol–water partition coefficient (Wildman–Crippen LogP) is 2.10. The molecule has 0 spiro atoms. The van der Waals surface area contributed by atoms with Crippen molar-refractivity contribution in [1.82, 2.24) is 9.97 Å². The Kier molecular flexibility index (Phi) is 3.73. The number of phenolic OH excluding ortho intramolecular Hbond substituents is 2. The Morgan fingerprint density at radius 3 is 2.61 bits per heavy atom. The van der Waals surface area contributed by atoms with Gasteiger partial charge in [-0.3, -0.25) is 0 Å². The van der Waals surface area contributed by atoms with Gasteiger partial charge in [-0.2, -0.15) is 5.10 Å². The molecule has 0 aliphatic carbocycles. The first-order valence-corrected chi connectivity index (χ1v) is 5.73. The molecule has 0 fully saturated rings. The molecule has 1 heterocycles. The fourth-order valence-electron chi connectivity index (χ4n) is 1.17. The highest BCUT2D eigenvalue weighted by molar-refractivity contribution is 9.10. The van der Waals surface area contributed by atoms with Gasteiger partial charge in [0.25, 0.3) is 0 Å². The van der Waals surface area contributed by atoms with E-state index in [9.17, 15) is 5.11 Å². The summed E-state index contributed by atoms with van der Waals surface area (Å²) in [5.41, 5.74) is 3.08. The molecule has 92 valence electrons. The molecule has 0 bridgehead atoms. The van der Waals surface area contributed by atoms with Gasteiger partial charge in [-0.25, -0.2) is 15.4 Å². The zero-order valence-electron chi connectivity index (χ0n) is 9.08. The maximum Gasteiger partial charge on any atom is 0.243 e. The lowest BCUT2D eigenvalue weighted by Crippen LogP contribution is -1.96. The van der Waals surface area contributed by atoms with Crippen molar-refractivity contribution in [2.45, 2.75) is 0 Å². The van der Waals surface area contributed by atoms with Gasteiger partial charge < -0.3 is 10.2 Å². The summed E-state index contributed by atoms with van der Waals surface area (Å²) < 4.78 is 0.771. The van der Waals surface area contributed by atoms with Crippen LogP contribution in [0.15, 0.2) is 40.2 Å². The molecule has 1 aromatic carbocycles. The highest BCUT2D eigenvalue weighted by Gasteiger charge is 1.99. The summed E-state index contributed by atoms with van der Waals surface area (Å²) >= 11 is 3.22. The summed E-state index contributed by atoms with van der Waals surface area (Å²) in [6, 6.07) is 4.23. The average Bonchev–Trinajstić information content (AvgIpc) is 2.34. The maximum absolute atomic E-state index is 9.51. The lowest BCUT2D eigenvalue weighted by Gasteiger charge is -2.00. The van der Waals surface area contributed by atoms with E-state index in [2.05, 4.69) is 36.4 Å². The van der Waals surface area contributed by atoms with Crippen LogP contribution in [-0.2, 0) is 0 Å². The average molecular weight is 309 g/mol. The van der Waals surface area contributed by atoms with Crippen LogP contribution in [0.25, 0.3) is 0 Å². The van der Waals surface area contributed by atoms with Gasteiger partial charge in [0.15, 0.2) is 0 Å². The van der Waals surface area contributed by atoms with Crippen molar-refractivity contribution in [3.63, 3.8) is 0 Å². The van der Waals surface area contributed by atoms with Crippen LogP contribution in [-0.4, -0.2) is 26.4 Å². The van der Waals surface area contributed by atoms with Crippen molar-refractivity contribution in [3.8, 4) is 11.5 Å². The second-order valence-electron chi connectivity index (χ2n) is 3.34. The third-order valence-electron chi connectivity index (χ3n) is 2.00. The van der Waals surface area contributed by atoms with E-state index in [4.69, 9.17) is 5.11 Å². The molecule has 1 aromatic heterocycles. The zero-order valence-corrected chi connectivity index (χ0v) is 10.7. The Bertz CT molecular complexity index is 572. The third kappa shape index (κ3) is 3.17. The topological polar surface area (TPSA) is 90.6 Å². The number of phenols is 2. The Balaban J connectivity index is 2.05. The van der Waals surface area contributed by atoms with E-state index in [1.54, 1.807) is 12.4 Å². The summed E-state index contributed by atoms with van der Waals surface area (Å²) in [5, 5.41) is 22.5. The van der Waals surface area contributed by atoms with Crippen LogP contribution in [0.1, 0.15) is 5.56 Å². The Labute approximate surface area is 111 Å². The number of hydrogen-bond donors (Lipinski definition) is 3. The number of benzene rings is 1. The van der Waals surface area contributed by atoms with Gasteiger partial charge in [0.1, 0.15) is 11.5 Å². The number of hydrazone groups is 1. The van der Waals surface area contributed by atoms with Crippen LogP contribution in [0.2, 0.25) is 0 Å². The molecule has 2 rings (SSSR count). The van der Waals surface area contributed by atoms with Crippen molar-refractivity contribution in [1.29, 1.82) is 0 Å². The minimum atomic E-state index is -0.0581. The molecule has 0 radical (unpaired) electrons. The normalized spacial score (nSPS) is 10.7. The minimum absolute atomic E-state index is 0.00569. The molecule has 3 N–H and O–H groups in total. The van der Waals surface area contributed by atoms with Crippen molar-refractivity contribution >= 4 is 28.1 Å². The first-order valence-electron chi connectivity index (χ1n) is 4.94. The molecular weight excluding hydrogens is 300 g/mol. The second kappa shape index (κ2) is 5.46. The van der Waals surface area contributed by atoms with E-state index in [0.717, 1.165) is 4.47 Å². The molecule has 0 saturated heterocycles. The van der Waals surface area contributed by atoms with E-state index < -0.39 is 0 Å². The number of rotatable bonds is 3. The number of aromatic hydroxyl groups is 2. The smallest absolute Gasteiger partial charge is 0.243 e. The quantitative estimate of drug-likeness (QED) is 0.596. The second-order valence-corrected chi connectivity index (χ2v) is 4.25. The Hall–Kier alpha value is -2.15. The number of nitrogens with zero attached hydrogens (tertiary/aromatic N) is 3. The molecule has 18 heavy (non-hydrogen) atoms. The first kappa shape index (κ1) is 12.3. The van der Waals surface area contributed by atoms with E-state index in [0.29, 0.717) is 11.5 Å². The maximum atomic E-state index is 9.51. The van der Waals surface area contributed by atoms with Gasteiger partial charge in [-0.15, -0.1) is 0 Å². The molecule has 7 heteroatoms. The number of nitrogens with one attached hydrogen (secondary N) is 1. The standard InChI is InChI=1S/C11H9BrN4O2/c12-8-5-13-11(14-6-8)16-15-4-7-1-2-9(17)3-10(7)18/h1-6,17-18H,(H,13,14,16)/b15-4-. The fraction of sp³-hybridized carbons (Fsp3) is 0. The van der Waals surface area contributed by atoms with Crippen LogP contribution in [0.3, 0.4) is 0 Å². The van der Waals surface area contributed by atoms with Crippen molar-refractivity contribution in [2.24, 2.45) is 5.10 Å². The highest BCUT2D eigenvalue weighted by Crippen LogP contribution is 2.20. The lowest BCUT2D eigenvalue weighted by atomic mass is 10.2. The van der Waals surface area contributed by atoms with Crippen LogP contribution in [0, 0.1) is 0 Å². The number of aromatic nitrogens is 2. The monoisotopic (exact) mass is 308 g/mol. The highest BCUT2D eigenvalue weighted by atomic mass is 79.9.